The number of pyridine rings is 1. The van der Waals surface area contributed by atoms with E-state index in [4.69, 9.17) is 20.7 Å². The number of carbonyl (C=O) groups excluding carboxylic acids is 1. The predicted octanol–water partition coefficient (Wildman–Crippen LogP) is 4.17. The normalized spacial score (nSPS) is 9.84. The summed E-state index contributed by atoms with van der Waals surface area (Å²) in [6, 6.07) is 13.5. The van der Waals surface area contributed by atoms with Crippen LogP contribution in [0.2, 0.25) is 0 Å². The standard InChI is InChI=1S/C18H20N6.C5H12.CH3NO/c1-12-17(14-9-10-16(20)23(11-14)13(2)19)22-24(18(12)21-3)15-7-5-4-6-8-15;1-4-5(2)3;2-1-3/h4-11,19-21H,1-3H3;5H,4H2,1-3H3;1H,(H2,2,3). The molecule has 1 amide bonds. The number of nitrogens with zero attached hydrogens (tertiary/aromatic N) is 3. The summed E-state index contributed by atoms with van der Waals surface area (Å²) in [7, 11) is 1.88. The van der Waals surface area contributed by atoms with Gasteiger partial charge in [0.2, 0.25) is 6.41 Å². The molecule has 0 unspecified atom stereocenters. The number of para-hydroxylation sites is 1. The zero-order chi connectivity index (χ0) is 24.3. The van der Waals surface area contributed by atoms with Gasteiger partial charge in [0.15, 0.2) is 0 Å². The Bertz CT molecular complexity index is 1070. The number of amides is 1. The smallest absolute Gasteiger partial charge is 0.204 e. The van der Waals surface area contributed by atoms with Gasteiger partial charge in [-0.3, -0.25) is 20.2 Å². The van der Waals surface area contributed by atoms with Crippen LogP contribution in [0.15, 0.2) is 48.7 Å². The zero-order valence-corrected chi connectivity index (χ0v) is 19.8. The molecule has 0 aliphatic rings. The summed E-state index contributed by atoms with van der Waals surface area (Å²) in [5.74, 6) is 2.11. The summed E-state index contributed by atoms with van der Waals surface area (Å²) in [4.78, 5) is 8.58. The summed E-state index contributed by atoms with van der Waals surface area (Å²) in [5, 5.41) is 23.7. The van der Waals surface area contributed by atoms with Gasteiger partial charge in [0.25, 0.3) is 0 Å². The van der Waals surface area contributed by atoms with Gasteiger partial charge in [-0.1, -0.05) is 45.4 Å². The number of nitrogens with two attached hydrogens (primary N) is 1. The van der Waals surface area contributed by atoms with Crippen LogP contribution in [0.3, 0.4) is 0 Å². The molecule has 1 aromatic carbocycles. The Morgan fingerprint density at radius 3 is 2.25 bits per heavy atom. The molecule has 32 heavy (non-hydrogen) atoms. The van der Waals surface area contributed by atoms with Gasteiger partial charge in [-0.15, -0.1) is 0 Å². The van der Waals surface area contributed by atoms with Crippen LogP contribution in [0.5, 0.6) is 0 Å². The minimum Gasteiger partial charge on any atom is -0.373 e. The van der Waals surface area contributed by atoms with E-state index in [2.05, 4.69) is 31.8 Å². The molecule has 0 saturated heterocycles. The Morgan fingerprint density at radius 2 is 1.78 bits per heavy atom. The molecule has 0 aliphatic carbocycles. The van der Waals surface area contributed by atoms with Crippen LogP contribution in [0.25, 0.3) is 16.9 Å². The van der Waals surface area contributed by atoms with Crippen molar-refractivity contribution >= 4 is 18.1 Å². The van der Waals surface area contributed by atoms with Crippen LogP contribution >= 0.6 is 0 Å². The van der Waals surface area contributed by atoms with Gasteiger partial charge in [0, 0.05) is 24.4 Å². The van der Waals surface area contributed by atoms with Gasteiger partial charge >= 0.3 is 0 Å². The number of aromatic nitrogens is 3. The lowest BCUT2D eigenvalue weighted by Crippen LogP contribution is -2.23. The summed E-state index contributed by atoms with van der Waals surface area (Å²) in [6.07, 6.45) is 3.34. The second-order valence-electron chi connectivity index (χ2n) is 7.52. The first-order chi connectivity index (χ1) is 15.2. The predicted molar refractivity (Wildman–Crippen MR) is 131 cm³/mol. The molecule has 0 saturated carbocycles. The fourth-order valence-corrected chi connectivity index (χ4v) is 2.74. The Labute approximate surface area is 190 Å². The van der Waals surface area contributed by atoms with Gasteiger partial charge < -0.3 is 11.1 Å². The first kappa shape index (κ1) is 26.4. The Balaban J connectivity index is 0.000000555. The molecule has 5 N–H and O–H groups in total. The molecule has 3 aromatic rings. The largest absolute Gasteiger partial charge is 0.373 e. The summed E-state index contributed by atoms with van der Waals surface area (Å²) < 4.78 is 3.41. The molecule has 0 aliphatic heterocycles. The highest BCUT2D eigenvalue weighted by molar-refractivity contribution is 5.80. The van der Waals surface area contributed by atoms with Crippen molar-refractivity contribution in [2.75, 3.05) is 12.4 Å². The number of carbonyl (C=O) groups is 1. The van der Waals surface area contributed by atoms with E-state index in [-0.39, 0.29) is 11.9 Å². The Morgan fingerprint density at radius 1 is 1.22 bits per heavy atom. The lowest BCUT2D eigenvalue weighted by atomic mass is 10.1. The molecule has 8 heteroatoms. The number of hydrogen-bond acceptors (Lipinski definition) is 5. The summed E-state index contributed by atoms with van der Waals surface area (Å²) in [5.41, 5.74) is 8.15. The van der Waals surface area contributed by atoms with Gasteiger partial charge in [0.05, 0.1) is 11.4 Å². The third-order valence-corrected chi connectivity index (χ3v) is 4.76. The second-order valence-corrected chi connectivity index (χ2v) is 7.52. The molecule has 172 valence electrons. The van der Waals surface area contributed by atoms with E-state index in [9.17, 15) is 0 Å². The topological polar surface area (TPSA) is 126 Å². The lowest BCUT2D eigenvalue weighted by molar-refractivity contribution is -0.106. The quantitative estimate of drug-likeness (QED) is 0.278. The first-order valence-corrected chi connectivity index (χ1v) is 10.5. The van der Waals surface area contributed by atoms with Gasteiger partial charge in [-0.05, 0) is 44.0 Å². The summed E-state index contributed by atoms with van der Waals surface area (Å²) in [6.45, 7) is 10.3. The molecule has 0 fully saturated rings. The lowest BCUT2D eigenvalue weighted by Gasteiger charge is -2.07. The fraction of sp³-hybridized carbons (Fsp3) is 0.333. The number of anilines is 1. The average Bonchev–Trinajstić information content (AvgIpc) is 3.11. The van der Waals surface area contributed by atoms with E-state index in [0.717, 1.165) is 34.2 Å². The molecular weight excluding hydrogens is 402 g/mol. The van der Waals surface area contributed by atoms with Gasteiger partial charge in [-0.2, -0.15) is 5.10 Å². The highest BCUT2D eigenvalue weighted by Gasteiger charge is 2.16. The highest BCUT2D eigenvalue weighted by Crippen LogP contribution is 2.29. The monoisotopic (exact) mass is 437 g/mol. The Kier molecular flexibility index (Phi) is 10.6. The van der Waals surface area contributed by atoms with Crippen LogP contribution < -0.4 is 16.5 Å². The third-order valence-electron chi connectivity index (χ3n) is 4.76. The number of primary amides is 1. The Hall–Kier alpha value is -3.68. The molecule has 0 bridgehead atoms. The van der Waals surface area contributed by atoms with E-state index < -0.39 is 0 Å². The van der Waals surface area contributed by atoms with Crippen LogP contribution in [0.4, 0.5) is 5.82 Å². The van der Waals surface area contributed by atoms with E-state index >= 15 is 0 Å². The maximum absolute atomic E-state index is 8.58. The number of benzene rings is 1. The van der Waals surface area contributed by atoms with Crippen molar-refractivity contribution in [3.63, 3.8) is 0 Å². The molecule has 3 rings (SSSR count). The van der Waals surface area contributed by atoms with Crippen molar-refractivity contribution < 1.29 is 4.79 Å². The van der Waals surface area contributed by atoms with Crippen LogP contribution in [-0.4, -0.2) is 33.6 Å². The van der Waals surface area contributed by atoms with Crippen LogP contribution in [0.1, 0.15) is 39.7 Å². The van der Waals surface area contributed by atoms with Crippen molar-refractivity contribution in [1.29, 1.82) is 10.8 Å². The molecule has 2 aromatic heterocycles. The SMILES string of the molecule is CCC(C)C.CNc1c(C)c(-c2ccc(=N)n(C(C)=N)c2)nn1-c1ccccc1.NC=O. The van der Waals surface area contributed by atoms with E-state index in [1.165, 1.54) is 11.0 Å². The summed E-state index contributed by atoms with van der Waals surface area (Å²) >= 11 is 0. The van der Waals surface area contributed by atoms with Gasteiger partial charge in [-0.25, -0.2) is 4.68 Å². The van der Waals surface area contributed by atoms with Crippen molar-refractivity contribution in [3.8, 4) is 16.9 Å². The highest BCUT2D eigenvalue weighted by atomic mass is 16.1. The molecule has 0 radical (unpaired) electrons. The maximum atomic E-state index is 8.58. The van der Waals surface area contributed by atoms with Crippen molar-refractivity contribution in [2.45, 2.75) is 41.0 Å². The van der Waals surface area contributed by atoms with Crippen molar-refractivity contribution in [1.82, 2.24) is 14.3 Å². The van der Waals surface area contributed by atoms with E-state index in [1.54, 1.807) is 19.2 Å². The minimum atomic E-state index is 0.250. The molecule has 2 heterocycles. The van der Waals surface area contributed by atoms with Crippen LogP contribution in [-0.2, 0) is 4.79 Å². The maximum Gasteiger partial charge on any atom is 0.204 e. The molecule has 8 nitrogen and oxygen atoms in total. The zero-order valence-electron chi connectivity index (χ0n) is 19.8. The fourth-order valence-electron chi connectivity index (χ4n) is 2.74. The minimum absolute atomic E-state index is 0.250. The van der Waals surface area contributed by atoms with E-state index in [0.29, 0.717) is 5.84 Å². The van der Waals surface area contributed by atoms with Crippen LogP contribution in [0, 0.1) is 23.7 Å². The first-order valence-electron chi connectivity index (χ1n) is 10.5. The third kappa shape index (κ3) is 6.94. The number of hydrogen-bond donors (Lipinski definition) is 4. The number of rotatable bonds is 4. The average molecular weight is 438 g/mol. The van der Waals surface area contributed by atoms with Gasteiger partial charge in [0.1, 0.15) is 17.1 Å². The van der Waals surface area contributed by atoms with Crippen molar-refractivity contribution in [2.24, 2.45) is 11.7 Å². The van der Waals surface area contributed by atoms with Crippen molar-refractivity contribution in [3.05, 3.63) is 59.7 Å². The second kappa shape index (κ2) is 12.9. The molecule has 0 atom stereocenters. The molecular formula is C24H35N7O. The number of nitrogens with one attached hydrogen (secondary N) is 3. The van der Waals surface area contributed by atoms with E-state index in [1.807, 2.05) is 55.1 Å². The molecule has 0 spiro atoms.